The number of hydrogen-bond acceptors (Lipinski definition) is 4. The quantitative estimate of drug-likeness (QED) is 0.691. The van der Waals surface area contributed by atoms with E-state index in [4.69, 9.17) is 0 Å². The Morgan fingerprint density at radius 3 is 2.45 bits per heavy atom. The Hall–Kier alpha value is -2.61. The molecule has 4 unspecified atom stereocenters. The van der Waals surface area contributed by atoms with Crippen molar-refractivity contribution in [2.45, 2.75) is 78.8 Å². The van der Waals surface area contributed by atoms with Crippen LogP contribution in [0.1, 0.15) is 58.1 Å². The molecule has 0 bridgehead atoms. The number of amides is 4. The summed E-state index contributed by atoms with van der Waals surface area (Å²) in [6.07, 6.45) is 1.31. The predicted octanol–water partition coefficient (Wildman–Crippen LogP) is 2.83. The second kappa shape index (κ2) is 9.33. The molecule has 2 N–H and O–H groups in total. The van der Waals surface area contributed by atoms with Crippen molar-refractivity contribution in [1.82, 2.24) is 25.6 Å². The molecular weight excluding hydrogens is 418 g/mol. The summed E-state index contributed by atoms with van der Waals surface area (Å²) in [5, 5.41) is 4.65. The first kappa shape index (κ1) is 23.5. The molecule has 2 heterocycles. The van der Waals surface area contributed by atoms with Crippen LogP contribution in [-0.4, -0.2) is 57.6 Å². The van der Waals surface area contributed by atoms with Gasteiger partial charge in [-0.15, -0.1) is 0 Å². The fourth-order valence-electron chi connectivity index (χ4n) is 5.29. The summed E-state index contributed by atoms with van der Waals surface area (Å²) in [6.45, 7) is 11.2. The van der Waals surface area contributed by atoms with Gasteiger partial charge in [0.05, 0.1) is 12.5 Å². The van der Waals surface area contributed by atoms with Crippen LogP contribution in [0.2, 0.25) is 0 Å². The molecule has 4 amide bonds. The van der Waals surface area contributed by atoms with Crippen molar-refractivity contribution in [2.24, 2.45) is 17.8 Å². The SMILES string of the molecule is Cc1ccc(CN2NC3N(C(C)C)C(=O)C4CCC(C(=O)NCC(C)C)CC4N3C2=O)cc1. The van der Waals surface area contributed by atoms with Crippen LogP contribution >= 0.6 is 0 Å². The highest BCUT2D eigenvalue weighted by atomic mass is 16.2. The average molecular weight is 456 g/mol. The molecule has 1 aromatic carbocycles. The second-order valence-electron chi connectivity index (χ2n) is 10.4. The normalized spacial score (nSPS) is 27.3. The molecule has 1 aliphatic carbocycles. The Balaban J connectivity index is 1.56. The molecule has 33 heavy (non-hydrogen) atoms. The van der Waals surface area contributed by atoms with Crippen molar-refractivity contribution in [2.75, 3.05) is 6.54 Å². The third-order valence-electron chi connectivity index (χ3n) is 7.07. The minimum absolute atomic E-state index is 0.0357. The van der Waals surface area contributed by atoms with E-state index in [0.717, 1.165) is 5.56 Å². The molecule has 4 atom stereocenters. The summed E-state index contributed by atoms with van der Waals surface area (Å²) in [4.78, 5) is 43.5. The molecule has 3 aliphatic rings. The number of benzene rings is 1. The zero-order valence-corrected chi connectivity index (χ0v) is 20.4. The molecule has 4 rings (SSSR count). The van der Waals surface area contributed by atoms with E-state index in [0.29, 0.717) is 38.3 Å². The van der Waals surface area contributed by atoms with Gasteiger partial charge in [0.1, 0.15) is 0 Å². The molecule has 3 fully saturated rings. The zero-order chi connectivity index (χ0) is 23.9. The molecular formula is C25H37N5O3. The Morgan fingerprint density at radius 2 is 1.82 bits per heavy atom. The maximum Gasteiger partial charge on any atom is 0.337 e. The van der Waals surface area contributed by atoms with Gasteiger partial charge in [0.25, 0.3) is 0 Å². The van der Waals surface area contributed by atoms with Crippen molar-refractivity contribution in [1.29, 1.82) is 0 Å². The van der Waals surface area contributed by atoms with Crippen molar-refractivity contribution in [3.63, 3.8) is 0 Å². The van der Waals surface area contributed by atoms with Crippen LogP contribution in [0.3, 0.4) is 0 Å². The van der Waals surface area contributed by atoms with Crippen molar-refractivity contribution in [3.8, 4) is 0 Å². The predicted molar refractivity (Wildman–Crippen MR) is 125 cm³/mol. The summed E-state index contributed by atoms with van der Waals surface area (Å²) in [7, 11) is 0. The lowest BCUT2D eigenvalue weighted by atomic mass is 9.75. The molecule has 2 aliphatic heterocycles. The van der Waals surface area contributed by atoms with E-state index < -0.39 is 6.29 Å². The van der Waals surface area contributed by atoms with E-state index in [1.165, 1.54) is 5.56 Å². The van der Waals surface area contributed by atoms with Gasteiger partial charge in [-0.25, -0.2) is 4.79 Å². The highest BCUT2D eigenvalue weighted by molar-refractivity contribution is 5.87. The molecule has 8 heteroatoms. The summed E-state index contributed by atoms with van der Waals surface area (Å²) in [6, 6.07) is 7.66. The highest BCUT2D eigenvalue weighted by Gasteiger charge is 2.56. The molecule has 180 valence electrons. The maximum absolute atomic E-state index is 13.6. The first-order valence-electron chi connectivity index (χ1n) is 12.2. The fourth-order valence-corrected chi connectivity index (χ4v) is 5.29. The number of aryl methyl sites for hydroxylation is 1. The lowest BCUT2D eigenvalue weighted by Gasteiger charge is -2.51. The largest absolute Gasteiger partial charge is 0.356 e. The third kappa shape index (κ3) is 4.58. The number of rotatable bonds is 6. The van der Waals surface area contributed by atoms with Crippen LogP contribution in [0, 0.1) is 24.7 Å². The second-order valence-corrected chi connectivity index (χ2v) is 10.4. The van der Waals surface area contributed by atoms with Crippen molar-refractivity contribution >= 4 is 17.8 Å². The number of carbonyl (C=O) groups excluding carboxylic acids is 3. The summed E-state index contributed by atoms with van der Waals surface area (Å²) in [5.74, 6) is 0.0550. The van der Waals surface area contributed by atoms with Gasteiger partial charge in [0, 0.05) is 24.5 Å². The average Bonchev–Trinajstić information content (AvgIpc) is 3.08. The Morgan fingerprint density at radius 1 is 1.12 bits per heavy atom. The van der Waals surface area contributed by atoms with E-state index in [-0.39, 0.29) is 41.8 Å². The van der Waals surface area contributed by atoms with Crippen molar-refractivity contribution < 1.29 is 14.4 Å². The Kier molecular flexibility index (Phi) is 6.66. The van der Waals surface area contributed by atoms with Gasteiger partial charge in [0.15, 0.2) is 6.29 Å². The summed E-state index contributed by atoms with van der Waals surface area (Å²) >= 11 is 0. The fraction of sp³-hybridized carbons (Fsp3) is 0.640. The van der Waals surface area contributed by atoms with E-state index in [1.54, 1.807) is 9.91 Å². The number of urea groups is 1. The minimum Gasteiger partial charge on any atom is -0.356 e. The Bertz CT molecular complexity index is 900. The van der Waals surface area contributed by atoms with E-state index in [2.05, 4.69) is 24.6 Å². The monoisotopic (exact) mass is 455 g/mol. The lowest BCUT2D eigenvalue weighted by Crippen LogP contribution is -2.68. The number of nitrogens with zero attached hydrogens (tertiary/aromatic N) is 3. The first-order chi connectivity index (χ1) is 15.7. The minimum atomic E-state index is -0.519. The van der Waals surface area contributed by atoms with Gasteiger partial charge in [0.2, 0.25) is 11.8 Å². The molecule has 0 radical (unpaired) electrons. The van der Waals surface area contributed by atoms with Crippen LogP contribution in [0.25, 0.3) is 0 Å². The topological polar surface area (TPSA) is 85.0 Å². The van der Waals surface area contributed by atoms with Crippen LogP contribution in [0.15, 0.2) is 24.3 Å². The number of hydrogen-bond donors (Lipinski definition) is 2. The molecule has 1 saturated carbocycles. The highest BCUT2D eigenvalue weighted by Crippen LogP contribution is 2.41. The van der Waals surface area contributed by atoms with Gasteiger partial charge in [-0.3, -0.25) is 19.5 Å². The zero-order valence-electron chi connectivity index (χ0n) is 20.4. The standard InChI is InChI=1S/C25H37N5O3/c1-15(2)13-26-22(31)19-10-11-20-21(12-19)30-24(29(16(3)4)23(20)32)27-28(25(30)33)14-18-8-6-17(5)7-9-18/h6-9,15-16,19-21,24,27H,10-14H2,1-5H3,(H,26,31). The van der Waals surface area contributed by atoms with Gasteiger partial charge < -0.3 is 10.2 Å². The molecule has 0 spiro atoms. The van der Waals surface area contributed by atoms with Crippen LogP contribution in [-0.2, 0) is 16.1 Å². The molecule has 2 saturated heterocycles. The van der Waals surface area contributed by atoms with Crippen molar-refractivity contribution in [3.05, 3.63) is 35.4 Å². The van der Waals surface area contributed by atoms with Crippen LogP contribution in [0.4, 0.5) is 4.79 Å². The molecule has 0 aromatic heterocycles. The Labute approximate surface area is 196 Å². The van der Waals surface area contributed by atoms with Gasteiger partial charge in [-0.2, -0.15) is 5.43 Å². The van der Waals surface area contributed by atoms with E-state index >= 15 is 0 Å². The summed E-state index contributed by atoms with van der Waals surface area (Å²) in [5.41, 5.74) is 5.49. The van der Waals surface area contributed by atoms with Crippen LogP contribution in [0.5, 0.6) is 0 Å². The smallest absolute Gasteiger partial charge is 0.337 e. The van der Waals surface area contributed by atoms with Gasteiger partial charge in [-0.1, -0.05) is 43.7 Å². The van der Waals surface area contributed by atoms with Gasteiger partial charge >= 0.3 is 6.03 Å². The van der Waals surface area contributed by atoms with Crippen LogP contribution < -0.4 is 10.7 Å². The van der Waals surface area contributed by atoms with E-state index in [9.17, 15) is 14.4 Å². The third-order valence-corrected chi connectivity index (χ3v) is 7.07. The molecule has 1 aromatic rings. The number of carbonyl (C=O) groups is 3. The summed E-state index contributed by atoms with van der Waals surface area (Å²) < 4.78 is 0. The first-order valence-corrected chi connectivity index (χ1v) is 12.2. The number of hydrazine groups is 1. The number of nitrogens with one attached hydrogen (secondary N) is 2. The maximum atomic E-state index is 13.6. The number of fused-ring (bicyclic) bond motifs is 3. The van der Waals surface area contributed by atoms with Gasteiger partial charge in [-0.05, 0) is 51.5 Å². The molecule has 8 nitrogen and oxygen atoms in total. The van der Waals surface area contributed by atoms with E-state index in [1.807, 2.05) is 49.9 Å². The lowest BCUT2D eigenvalue weighted by molar-refractivity contribution is -0.162.